The van der Waals surface area contributed by atoms with Crippen molar-refractivity contribution < 1.29 is 13.2 Å². The van der Waals surface area contributed by atoms with Gasteiger partial charge in [-0.1, -0.05) is 11.6 Å². The van der Waals surface area contributed by atoms with Gasteiger partial charge in [-0.05, 0) is 42.8 Å². The first kappa shape index (κ1) is 13.4. The summed E-state index contributed by atoms with van der Waals surface area (Å²) in [6.07, 6.45) is 0. The van der Waals surface area contributed by atoms with Crippen molar-refractivity contribution in [3.8, 4) is 0 Å². The van der Waals surface area contributed by atoms with Crippen molar-refractivity contribution in [1.82, 2.24) is 4.72 Å². The third-order valence-corrected chi connectivity index (χ3v) is 3.93. The smallest absolute Gasteiger partial charge is 0.241 e. The number of rotatable bonds is 4. The fourth-order valence-electron chi connectivity index (χ4n) is 0.961. The van der Waals surface area contributed by atoms with Gasteiger partial charge in [-0.3, -0.25) is 4.79 Å². The molecule has 0 saturated carbocycles. The van der Waals surface area contributed by atoms with E-state index in [1.54, 1.807) is 0 Å². The van der Waals surface area contributed by atoms with Crippen molar-refractivity contribution in [2.75, 3.05) is 0 Å². The fourth-order valence-corrected chi connectivity index (χ4v) is 2.41. The van der Waals surface area contributed by atoms with Crippen molar-refractivity contribution in [3.05, 3.63) is 29.3 Å². The van der Waals surface area contributed by atoms with Crippen LogP contribution in [0.2, 0.25) is 5.02 Å². The number of hydrogen-bond donors (Lipinski definition) is 1. The summed E-state index contributed by atoms with van der Waals surface area (Å²) in [4.78, 5) is 10.8. The molecule has 0 aliphatic heterocycles. The number of benzene rings is 1. The van der Waals surface area contributed by atoms with Crippen LogP contribution in [0, 0.1) is 0 Å². The average Bonchev–Trinajstić information content (AvgIpc) is 2.17. The van der Waals surface area contributed by atoms with Crippen molar-refractivity contribution in [3.63, 3.8) is 0 Å². The molecule has 7 heteroatoms. The predicted molar refractivity (Wildman–Crippen MR) is 62.1 cm³/mol. The highest BCUT2D eigenvalue weighted by Gasteiger charge is 2.20. The normalized spacial score (nSPS) is 13.4. The third-order valence-electron chi connectivity index (χ3n) is 1.80. The van der Waals surface area contributed by atoms with Gasteiger partial charge in [0.1, 0.15) is 0 Å². The van der Waals surface area contributed by atoms with Crippen LogP contribution in [0.5, 0.6) is 0 Å². The molecule has 0 heterocycles. The maximum Gasteiger partial charge on any atom is 0.241 e. The monoisotopic (exact) mass is 281 g/mol. The molecular formula is C9H9Cl2NO3S. The molecule has 16 heavy (non-hydrogen) atoms. The van der Waals surface area contributed by atoms with Gasteiger partial charge in [0, 0.05) is 5.02 Å². The molecule has 4 nitrogen and oxygen atoms in total. The summed E-state index contributed by atoms with van der Waals surface area (Å²) in [7, 11) is -3.74. The second kappa shape index (κ2) is 5.14. The standard InChI is InChI=1S/C9H9Cl2NO3S/c1-6(9(11)13)12-16(14,15)8-4-2-7(10)3-5-8/h2-6,12H,1H3. The number of sulfonamides is 1. The van der Waals surface area contributed by atoms with Gasteiger partial charge in [0.05, 0.1) is 10.9 Å². The average molecular weight is 282 g/mol. The first-order valence-corrected chi connectivity index (χ1v) is 6.54. The molecule has 0 aromatic heterocycles. The predicted octanol–water partition coefficient (Wildman–Crippen LogP) is 1.77. The molecule has 1 unspecified atom stereocenters. The third kappa shape index (κ3) is 3.45. The number of carbonyl (C=O) groups excluding carboxylic acids is 1. The minimum absolute atomic E-state index is 0.0293. The molecule has 0 fully saturated rings. The van der Waals surface area contributed by atoms with Crippen LogP contribution in [-0.2, 0) is 14.8 Å². The first-order chi connectivity index (χ1) is 7.33. The van der Waals surface area contributed by atoms with Gasteiger partial charge in [-0.2, -0.15) is 4.72 Å². The Morgan fingerprint density at radius 1 is 1.31 bits per heavy atom. The Morgan fingerprint density at radius 2 is 1.81 bits per heavy atom. The minimum atomic E-state index is -3.74. The van der Waals surface area contributed by atoms with E-state index in [1.165, 1.54) is 31.2 Å². The summed E-state index contributed by atoms with van der Waals surface area (Å²) in [5.74, 6) is 0. The highest BCUT2D eigenvalue weighted by Crippen LogP contribution is 2.14. The van der Waals surface area contributed by atoms with E-state index in [9.17, 15) is 13.2 Å². The summed E-state index contributed by atoms with van der Waals surface area (Å²) in [6, 6.07) is 4.61. The molecule has 0 amide bonds. The van der Waals surface area contributed by atoms with Gasteiger partial charge >= 0.3 is 0 Å². The van der Waals surface area contributed by atoms with Gasteiger partial charge in [-0.15, -0.1) is 0 Å². The van der Waals surface area contributed by atoms with E-state index in [1.807, 2.05) is 0 Å². The Kier molecular flexibility index (Phi) is 4.32. The van der Waals surface area contributed by atoms with Crippen LogP contribution in [0.15, 0.2) is 29.2 Å². The molecule has 1 aromatic carbocycles. The quantitative estimate of drug-likeness (QED) is 0.856. The fraction of sp³-hybridized carbons (Fsp3) is 0.222. The van der Waals surface area contributed by atoms with Gasteiger partial charge in [-0.25, -0.2) is 8.42 Å². The minimum Gasteiger partial charge on any atom is -0.279 e. The number of carbonyl (C=O) groups is 1. The van der Waals surface area contributed by atoms with Crippen LogP contribution >= 0.6 is 23.2 Å². The molecule has 1 atom stereocenters. The van der Waals surface area contributed by atoms with E-state index in [-0.39, 0.29) is 4.90 Å². The molecule has 0 bridgehead atoms. The Balaban J connectivity index is 2.94. The highest BCUT2D eigenvalue weighted by molar-refractivity contribution is 7.89. The van der Waals surface area contributed by atoms with E-state index < -0.39 is 21.3 Å². The SMILES string of the molecule is CC(NS(=O)(=O)c1ccc(Cl)cc1)C(=O)Cl. The molecule has 1 N–H and O–H groups in total. The van der Waals surface area contributed by atoms with Crippen LogP contribution < -0.4 is 4.72 Å². The van der Waals surface area contributed by atoms with E-state index >= 15 is 0 Å². The molecule has 0 aliphatic rings. The van der Waals surface area contributed by atoms with Gasteiger partial charge in [0.2, 0.25) is 15.3 Å². The maximum atomic E-state index is 11.7. The Bertz CT molecular complexity index is 484. The van der Waals surface area contributed by atoms with Gasteiger partial charge in [0.15, 0.2) is 0 Å². The second-order valence-corrected chi connectivity index (χ2v) is 5.62. The zero-order valence-electron chi connectivity index (χ0n) is 8.28. The van der Waals surface area contributed by atoms with Gasteiger partial charge in [0.25, 0.3) is 0 Å². The lowest BCUT2D eigenvalue weighted by Crippen LogP contribution is -2.36. The van der Waals surface area contributed by atoms with Crippen LogP contribution in [0.25, 0.3) is 0 Å². The summed E-state index contributed by atoms with van der Waals surface area (Å²) in [5.41, 5.74) is 0. The summed E-state index contributed by atoms with van der Waals surface area (Å²) >= 11 is 10.8. The van der Waals surface area contributed by atoms with E-state index in [4.69, 9.17) is 23.2 Å². The highest BCUT2D eigenvalue weighted by atomic mass is 35.5. The van der Waals surface area contributed by atoms with E-state index in [0.29, 0.717) is 5.02 Å². The largest absolute Gasteiger partial charge is 0.279 e. The summed E-state index contributed by atoms with van der Waals surface area (Å²) in [6.45, 7) is 1.36. The molecule has 1 rings (SSSR count). The lowest BCUT2D eigenvalue weighted by Gasteiger charge is -2.10. The maximum absolute atomic E-state index is 11.7. The molecule has 1 aromatic rings. The Morgan fingerprint density at radius 3 is 2.25 bits per heavy atom. The number of halogens is 2. The summed E-state index contributed by atoms with van der Waals surface area (Å²) in [5, 5.41) is -0.335. The molecule has 0 spiro atoms. The molecule has 0 radical (unpaired) electrons. The van der Waals surface area contributed by atoms with Crippen LogP contribution in [0.1, 0.15) is 6.92 Å². The van der Waals surface area contributed by atoms with Crippen molar-refractivity contribution in [2.24, 2.45) is 0 Å². The zero-order valence-corrected chi connectivity index (χ0v) is 10.6. The Hall–Kier alpha value is -0.620. The van der Waals surface area contributed by atoms with E-state index in [0.717, 1.165) is 0 Å². The lowest BCUT2D eigenvalue weighted by atomic mass is 10.4. The summed E-state index contributed by atoms with van der Waals surface area (Å²) < 4.78 is 25.5. The lowest BCUT2D eigenvalue weighted by molar-refractivity contribution is -0.112. The number of nitrogens with one attached hydrogen (secondary N) is 1. The topological polar surface area (TPSA) is 63.2 Å². The second-order valence-electron chi connectivity index (χ2n) is 3.10. The molecule has 0 aliphatic carbocycles. The van der Waals surface area contributed by atoms with Gasteiger partial charge < -0.3 is 0 Å². The first-order valence-electron chi connectivity index (χ1n) is 4.30. The van der Waals surface area contributed by atoms with Crippen molar-refractivity contribution in [2.45, 2.75) is 17.9 Å². The Labute approximate surface area is 104 Å². The molecule has 88 valence electrons. The molecular weight excluding hydrogens is 273 g/mol. The van der Waals surface area contributed by atoms with Crippen molar-refractivity contribution in [1.29, 1.82) is 0 Å². The number of hydrogen-bond acceptors (Lipinski definition) is 3. The van der Waals surface area contributed by atoms with Crippen LogP contribution in [0.3, 0.4) is 0 Å². The van der Waals surface area contributed by atoms with Crippen LogP contribution in [-0.4, -0.2) is 19.7 Å². The molecule has 0 saturated heterocycles. The van der Waals surface area contributed by atoms with E-state index in [2.05, 4.69) is 4.72 Å². The van der Waals surface area contributed by atoms with Crippen LogP contribution in [0.4, 0.5) is 0 Å². The van der Waals surface area contributed by atoms with Crippen molar-refractivity contribution >= 4 is 38.5 Å². The zero-order chi connectivity index (χ0) is 12.3.